The molecule has 4 nitrogen and oxygen atoms in total. The number of anilines is 1. The van der Waals surface area contributed by atoms with E-state index >= 15 is 0 Å². The SMILES string of the molecule is O=C(NC1CC(C(F)(F)F)CC(C(F)(F)F)C1)c1ccc(N2CCCCCC2)nc1. The summed E-state index contributed by atoms with van der Waals surface area (Å²) in [4.78, 5) is 18.8. The van der Waals surface area contributed by atoms with Crippen LogP contribution in [0.25, 0.3) is 0 Å². The number of amides is 1. The zero-order chi connectivity index (χ0) is 21.9. The molecule has 1 aliphatic carbocycles. The Bertz CT molecular complexity index is 689. The van der Waals surface area contributed by atoms with Crippen LogP contribution in [-0.4, -0.2) is 42.4 Å². The fourth-order valence-electron chi connectivity index (χ4n) is 4.25. The van der Waals surface area contributed by atoms with Crippen LogP contribution in [0.2, 0.25) is 0 Å². The molecule has 0 spiro atoms. The summed E-state index contributed by atoms with van der Waals surface area (Å²) in [5.41, 5.74) is 0.117. The maximum Gasteiger partial charge on any atom is 0.391 e. The first-order valence-electron chi connectivity index (χ1n) is 10.2. The molecule has 10 heteroatoms. The van der Waals surface area contributed by atoms with Crippen LogP contribution in [0.1, 0.15) is 55.3 Å². The summed E-state index contributed by atoms with van der Waals surface area (Å²) >= 11 is 0. The van der Waals surface area contributed by atoms with Crippen LogP contribution in [0.5, 0.6) is 0 Å². The quantitative estimate of drug-likeness (QED) is 0.670. The largest absolute Gasteiger partial charge is 0.391 e. The molecule has 2 unspecified atom stereocenters. The summed E-state index contributed by atoms with van der Waals surface area (Å²) in [6.07, 6.45) is -5.85. The van der Waals surface area contributed by atoms with Crippen LogP contribution in [0.4, 0.5) is 32.2 Å². The highest BCUT2D eigenvalue weighted by atomic mass is 19.4. The van der Waals surface area contributed by atoms with Crippen molar-refractivity contribution in [3.05, 3.63) is 23.9 Å². The predicted octanol–water partition coefficient (Wildman–Crippen LogP) is 5.10. The highest BCUT2D eigenvalue weighted by Crippen LogP contribution is 2.45. The Morgan fingerprint density at radius 2 is 1.47 bits per heavy atom. The van der Waals surface area contributed by atoms with Crippen molar-refractivity contribution in [3.63, 3.8) is 0 Å². The molecule has 1 amide bonds. The molecule has 3 rings (SSSR count). The van der Waals surface area contributed by atoms with Gasteiger partial charge >= 0.3 is 12.4 Å². The molecule has 0 bridgehead atoms. The van der Waals surface area contributed by atoms with E-state index in [0.29, 0.717) is 5.82 Å². The maximum atomic E-state index is 13.1. The molecule has 0 aromatic carbocycles. The molecule has 1 aliphatic heterocycles. The van der Waals surface area contributed by atoms with Crippen molar-refractivity contribution in [2.75, 3.05) is 18.0 Å². The molecule has 1 aromatic heterocycles. The van der Waals surface area contributed by atoms with Crippen molar-refractivity contribution in [1.29, 1.82) is 0 Å². The molecule has 1 N–H and O–H groups in total. The van der Waals surface area contributed by atoms with Gasteiger partial charge in [-0.3, -0.25) is 4.79 Å². The second-order valence-electron chi connectivity index (χ2n) is 8.16. The normalized spacial score (nSPS) is 26.2. The molecular weight excluding hydrogens is 412 g/mol. The smallest absolute Gasteiger partial charge is 0.357 e. The number of halogens is 6. The van der Waals surface area contributed by atoms with Crippen LogP contribution in [0, 0.1) is 11.8 Å². The van der Waals surface area contributed by atoms with Gasteiger partial charge in [0.05, 0.1) is 17.4 Å². The van der Waals surface area contributed by atoms with Crippen LogP contribution in [0.15, 0.2) is 18.3 Å². The van der Waals surface area contributed by atoms with Gasteiger partial charge in [-0.25, -0.2) is 4.98 Å². The van der Waals surface area contributed by atoms with Gasteiger partial charge in [0.1, 0.15) is 5.82 Å². The molecule has 2 heterocycles. The molecule has 2 aliphatic rings. The average molecular weight is 437 g/mol. The first-order valence-corrected chi connectivity index (χ1v) is 10.2. The van der Waals surface area contributed by atoms with Crippen LogP contribution in [-0.2, 0) is 0 Å². The first kappa shape index (κ1) is 22.7. The van der Waals surface area contributed by atoms with Crippen LogP contribution >= 0.6 is 0 Å². The third-order valence-corrected chi connectivity index (χ3v) is 5.91. The van der Waals surface area contributed by atoms with Gasteiger partial charge in [0, 0.05) is 25.3 Å². The van der Waals surface area contributed by atoms with E-state index in [9.17, 15) is 31.1 Å². The van der Waals surface area contributed by atoms with E-state index in [4.69, 9.17) is 0 Å². The molecule has 0 radical (unpaired) electrons. The molecule has 2 atom stereocenters. The number of carbonyl (C=O) groups is 1. The van der Waals surface area contributed by atoms with Gasteiger partial charge in [-0.1, -0.05) is 12.8 Å². The van der Waals surface area contributed by atoms with Crippen molar-refractivity contribution in [3.8, 4) is 0 Å². The Morgan fingerprint density at radius 3 is 1.93 bits per heavy atom. The predicted molar refractivity (Wildman–Crippen MR) is 99.1 cm³/mol. The third-order valence-electron chi connectivity index (χ3n) is 5.91. The lowest BCUT2D eigenvalue weighted by Gasteiger charge is -2.37. The summed E-state index contributed by atoms with van der Waals surface area (Å²) < 4.78 is 78.6. The number of hydrogen-bond donors (Lipinski definition) is 1. The Morgan fingerprint density at radius 1 is 0.900 bits per heavy atom. The molecule has 1 saturated carbocycles. The number of nitrogens with zero attached hydrogens (tertiary/aromatic N) is 2. The highest BCUT2D eigenvalue weighted by molar-refractivity contribution is 5.94. The zero-order valence-corrected chi connectivity index (χ0v) is 16.4. The van der Waals surface area contributed by atoms with Crippen LogP contribution in [0.3, 0.4) is 0 Å². The van der Waals surface area contributed by atoms with Crippen molar-refractivity contribution in [1.82, 2.24) is 10.3 Å². The molecule has 1 saturated heterocycles. The maximum absolute atomic E-state index is 13.1. The van der Waals surface area contributed by atoms with Crippen molar-refractivity contribution in [2.45, 2.75) is 63.3 Å². The minimum absolute atomic E-state index is 0.117. The number of rotatable bonds is 3. The van der Waals surface area contributed by atoms with E-state index in [1.807, 2.05) is 0 Å². The fourth-order valence-corrected chi connectivity index (χ4v) is 4.25. The van der Waals surface area contributed by atoms with Crippen LogP contribution < -0.4 is 10.2 Å². The second-order valence-corrected chi connectivity index (χ2v) is 8.16. The number of nitrogens with one attached hydrogen (secondary N) is 1. The van der Waals surface area contributed by atoms with Gasteiger partial charge in [0.2, 0.25) is 0 Å². The summed E-state index contributed by atoms with van der Waals surface area (Å²) in [5, 5.41) is 2.36. The van der Waals surface area contributed by atoms with E-state index in [2.05, 4.69) is 15.2 Å². The average Bonchev–Trinajstić information content (AvgIpc) is 2.96. The number of aromatic nitrogens is 1. The molecule has 168 valence electrons. The standard InChI is InChI=1S/C20H25F6N3O/c21-19(22,23)14-9-15(20(24,25)26)11-16(10-14)28-18(30)13-5-6-17(27-12-13)29-7-3-1-2-4-8-29/h5-6,12,14-16H,1-4,7-11H2,(H,28,30). The van der Waals surface area contributed by atoms with E-state index in [1.165, 1.54) is 12.3 Å². The van der Waals surface area contributed by atoms with E-state index in [-0.39, 0.29) is 5.56 Å². The monoisotopic (exact) mass is 437 g/mol. The molecule has 1 aromatic rings. The first-order chi connectivity index (χ1) is 14.0. The molecule has 2 fully saturated rings. The lowest BCUT2D eigenvalue weighted by molar-refractivity contribution is -0.225. The van der Waals surface area contributed by atoms with Gasteiger partial charge in [-0.2, -0.15) is 26.3 Å². The summed E-state index contributed by atoms with van der Waals surface area (Å²) in [6, 6.07) is 1.97. The molecular formula is C20H25F6N3O. The highest BCUT2D eigenvalue weighted by Gasteiger charge is 2.52. The van der Waals surface area contributed by atoms with Gasteiger partial charge in [-0.15, -0.1) is 0 Å². The Kier molecular flexibility index (Phi) is 6.81. The number of hydrogen-bond acceptors (Lipinski definition) is 3. The minimum atomic E-state index is -4.73. The topological polar surface area (TPSA) is 45.2 Å². The lowest BCUT2D eigenvalue weighted by atomic mass is 9.77. The van der Waals surface area contributed by atoms with Gasteiger partial charge in [-0.05, 0) is 44.2 Å². The summed E-state index contributed by atoms with van der Waals surface area (Å²) in [5.74, 6) is -4.18. The van der Waals surface area contributed by atoms with Gasteiger partial charge < -0.3 is 10.2 Å². The third kappa shape index (κ3) is 5.78. The summed E-state index contributed by atoms with van der Waals surface area (Å²) in [6.45, 7) is 1.72. The van der Waals surface area contributed by atoms with Crippen molar-refractivity contribution in [2.24, 2.45) is 11.8 Å². The van der Waals surface area contributed by atoms with E-state index in [0.717, 1.165) is 38.8 Å². The van der Waals surface area contributed by atoms with Crippen molar-refractivity contribution < 1.29 is 31.1 Å². The lowest BCUT2D eigenvalue weighted by Crippen LogP contribution is -2.47. The Balaban J connectivity index is 1.66. The van der Waals surface area contributed by atoms with Crippen molar-refractivity contribution >= 4 is 11.7 Å². The number of alkyl halides is 6. The van der Waals surface area contributed by atoms with E-state index in [1.54, 1.807) is 6.07 Å². The molecule has 30 heavy (non-hydrogen) atoms. The Hall–Kier alpha value is -2.00. The Labute approximate surface area is 171 Å². The number of pyridine rings is 1. The zero-order valence-electron chi connectivity index (χ0n) is 16.4. The number of carbonyl (C=O) groups excluding carboxylic acids is 1. The summed E-state index contributed by atoms with van der Waals surface area (Å²) in [7, 11) is 0. The minimum Gasteiger partial charge on any atom is -0.357 e. The second kappa shape index (κ2) is 9.01. The fraction of sp³-hybridized carbons (Fsp3) is 0.700. The van der Waals surface area contributed by atoms with Gasteiger partial charge in [0.25, 0.3) is 5.91 Å². The van der Waals surface area contributed by atoms with E-state index < -0.39 is 55.4 Å². The van der Waals surface area contributed by atoms with Gasteiger partial charge in [0.15, 0.2) is 0 Å².